The van der Waals surface area contributed by atoms with Gasteiger partial charge in [-0.15, -0.1) is 0 Å². The first-order valence-corrected chi connectivity index (χ1v) is 9.42. The molecule has 1 aromatic carbocycles. The molecular weight excluding hydrogens is 366 g/mol. The molecule has 150 valence electrons. The molecule has 0 spiro atoms. The van der Waals surface area contributed by atoms with Gasteiger partial charge in [-0.3, -0.25) is 4.79 Å². The van der Waals surface area contributed by atoms with Crippen LogP contribution in [0.2, 0.25) is 0 Å². The lowest BCUT2D eigenvalue weighted by atomic mass is 10.0. The SMILES string of the molecule is CC/C=C(\C=C/Cc1ccccc1/C(N)=N/N)Cn1c(C)nc2c(=O)[nH]ncc21. The summed E-state index contributed by atoms with van der Waals surface area (Å²) in [6.07, 6.45) is 9.55. The predicted molar refractivity (Wildman–Crippen MR) is 115 cm³/mol. The summed E-state index contributed by atoms with van der Waals surface area (Å²) in [6.45, 7) is 4.58. The summed E-state index contributed by atoms with van der Waals surface area (Å²) in [7, 11) is 0. The van der Waals surface area contributed by atoms with E-state index in [0.717, 1.165) is 34.5 Å². The second kappa shape index (κ2) is 9.01. The first-order chi connectivity index (χ1) is 14.0. The third-order valence-electron chi connectivity index (χ3n) is 4.67. The Kier molecular flexibility index (Phi) is 6.23. The van der Waals surface area contributed by atoms with Gasteiger partial charge in [-0.2, -0.15) is 10.2 Å². The van der Waals surface area contributed by atoms with Crippen molar-refractivity contribution in [2.24, 2.45) is 16.7 Å². The van der Waals surface area contributed by atoms with E-state index in [9.17, 15) is 4.79 Å². The Balaban J connectivity index is 1.84. The van der Waals surface area contributed by atoms with Crippen LogP contribution >= 0.6 is 0 Å². The monoisotopic (exact) mass is 391 g/mol. The third kappa shape index (κ3) is 4.43. The molecule has 2 aromatic heterocycles. The molecule has 0 radical (unpaired) electrons. The highest BCUT2D eigenvalue weighted by Crippen LogP contribution is 2.16. The average Bonchev–Trinajstić information content (AvgIpc) is 3.04. The first kappa shape index (κ1) is 20.1. The highest BCUT2D eigenvalue weighted by molar-refractivity contribution is 5.98. The summed E-state index contributed by atoms with van der Waals surface area (Å²) < 4.78 is 2.00. The zero-order chi connectivity index (χ0) is 20.8. The van der Waals surface area contributed by atoms with Crippen molar-refractivity contribution in [2.75, 3.05) is 0 Å². The van der Waals surface area contributed by atoms with Crippen molar-refractivity contribution in [1.82, 2.24) is 19.7 Å². The van der Waals surface area contributed by atoms with Crippen LogP contribution < -0.4 is 17.1 Å². The Labute approximate surface area is 168 Å². The topological polar surface area (TPSA) is 128 Å². The molecule has 3 aromatic rings. The van der Waals surface area contributed by atoms with Crippen molar-refractivity contribution >= 4 is 16.9 Å². The summed E-state index contributed by atoms with van der Waals surface area (Å²) in [4.78, 5) is 16.3. The van der Waals surface area contributed by atoms with E-state index in [2.05, 4.69) is 45.4 Å². The minimum atomic E-state index is -0.281. The van der Waals surface area contributed by atoms with Gasteiger partial charge in [0, 0.05) is 12.1 Å². The molecule has 0 saturated carbocycles. The molecule has 0 unspecified atom stereocenters. The van der Waals surface area contributed by atoms with E-state index in [1.54, 1.807) is 6.20 Å². The Hall–Kier alpha value is -3.68. The number of nitrogens with two attached hydrogens (primary N) is 2. The smallest absolute Gasteiger partial charge is 0.292 e. The van der Waals surface area contributed by atoms with E-state index in [0.29, 0.717) is 24.3 Å². The maximum atomic E-state index is 11.9. The quantitative estimate of drug-likeness (QED) is 0.187. The van der Waals surface area contributed by atoms with Crippen molar-refractivity contribution in [1.29, 1.82) is 0 Å². The number of aromatic amines is 1. The van der Waals surface area contributed by atoms with Crippen LogP contribution in [0.5, 0.6) is 0 Å². The van der Waals surface area contributed by atoms with Crippen molar-refractivity contribution in [3.8, 4) is 0 Å². The maximum Gasteiger partial charge on any atom is 0.292 e. The van der Waals surface area contributed by atoms with E-state index < -0.39 is 0 Å². The molecule has 29 heavy (non-hydrogen) atoms. The van der Waals surface area contributed by atoms with E-state index >= 15 is 0 Å². The van der Waals surface area contributed by atoms with Crippen molar-refractivity contribution in [2.45, 2.75) is 33.2 Å². The van der Waals surface area contributed by atoms with Gasteiger partial charge in [0.1, 0.15) is 5.82 Å². The largest absolute Gasteiger partial charge is 0.382 e. The molecule has 5 N–H and O–H groups in total. The van der Waals surface area contributed by atoms with Gasteiger partial charge in [0.15, 0.2) is 11.4 Å². The van der Waals surface area contributed by atoms with Gasteiger partial charge in [0.25, 0.3) is 5.56 Å². The zero-order valence-corrected chi connectivity index (χ0v) is 16.6. The summed E-state index contributed by atoms with van der Waals surface area (Å²) in [5.74, 6) is 6.42. The average molecular weight is 391 g/mol. The van der Waals surface area contributed by atoms with Crippen LogP contribution in [0.1, 0.15) is 30.3 Å². The molecule has 0 aliphatic rings. The van der Waals surface area contributed by atoms with Gasteiger partial charge in [-0.25, -0.2) is 10.1 Å². The van der Waals surface area contributed by atoms with E-state index in [4.69, 9.17) is 11.6 Å². The number of H-pyrrole nitrogens is 1. The number of nitrogens with one attached hydrogen (secondary N) is 1. The van der Waals surface area contributed by atoms with Gasteiger partial charge in [0.05, 0.1) is 11.7 Å². The number of fused-ring (bicyclic) bond motifs is 1. The number of nitrogens with zero attached hydrogens (tertiary/aromatic N) is 4. The fourth-order valence-corrected chi connectivity index (χ4v) is 3.27. The van der Waals surface area contributed by atoms with Crippen LogP contribution in [-0.2, 0) is 13.0 Å². The molecule has 0 bridgehead atoms. The number of rotatable bonds is 7. The number of hydrogen-bond acceptors (Lipinski definition) is 5. The highest BCUT2D eigenvalue weighted by Gasteiger charge is 2.11. The molecule has 0 atom stereocenters. The Morgan fingerprint density at radius 3 is 2.90 bits per heavy atom. The maximum absolute atomic E-state index is 11.9. The lowest BCUT2D eigenvalue weighted by Gasteiger charge is -2.09. The van der Waals surface area contributed by atoms with E-state index in [1.165, 1.54) is 0 Å². The molecule has 2 heterocycles. The van der Waals surface area contributed by atoms with E-state index in [-0.39, 0.29) is 5.56 Å². The Bertz CT molecular complexity index is 1150. The van der Waals surface area contributed by atoms with Crippen molar-refractivity contribution in [3.05, 3.63) is 81.6 Å². The lowest BCUT2D eigenvalue weighted by Crippen LogP contribution is -2.17. The summed E-state index contributed by atoms with van der Waals surface area (Å²) in [6, 6.07) is 7.78. The molecule has 0 amide bonds. The van der Waals surface area contributed by atoms with E-state index in [1.807, 2.05) is 35.8 Å². The minimum Gasteiger partial charge on any atom is -0.382 e. The zero-order valence-electron chi connectivity index (χ0n) is 16.6. The van der Waals surface area contributed by atoms with Gasteiger partial charge < -0.3 is 16.1 Å². The number of hydrazone groups is 1. The third-order valence-corrected chi connectivity index (χ3v) is 4.67. The predicted octanol–water partition coefficient (Wildman–Crippen LogP) is 2.14. The molecule has 0 saturated heterocycles. The molecule has 8 heteroatoms. The van der Waals surface area contributed by atoms with Gasteiger partial charge in [-0.1, -0.05) is 49.4 Å². The molecule has 8 nitrogen and oxygen atoms in total. The summed E-state index contributed by atoms with van der Waals surface area (Å²) >= 11 is 0. The molecule has 0 aliphatic heterocycles. The van der Waals surface area contributed by atoms with Gasteiger partial charge in [0.2, 0.25) is 0 Å². The second-order valence-electron chi connectivity index (χ2n) is 6.64. The molecule has 3 rings (SSSR count). The number of amidine groups is 1. The summed E-state index contributed by atoms with van der Waals surface area (Å²) in [5.41, 5.74) is 9.74. The van der Waals surface area contributed by atoms with Gasteiger partial charge >= 0.3 is 0 Å². The van der Waals surface area contributed by atoms with Crippen LogP contribution in [0.3, 0.4) is 0 Å². The van der Waals surface area contributed by atoms with Crippen molar-refractivity contribution < 1.29 is 0 Å². The molecular formula is C21H25N7O. The highest BCUT2D eigenvalue weighted by atomic mass is 16.1. The second-order valence-corrected chi connectivity index (χ2v) is 6.64. The van der Waals surface area contributed by atoms with Crippen molar-refractivity contribution in [3.63, 3.8) is 0 Å². The fourth-order valence-electron chi connectivity index (χ4n) is 3.27. The molecule has 0 fully saturated rings. The first-order valence-electron chi connectivity index (χ1n) is 9.42. The molecule has 0 aliphatic carbocycles. The van der Waals surface area contributed by atoms with Gasteiger partial charge in [-0.05, 0) is 30.9 Å². The number of hydrogen-bond donors (Lipinski definition) is 3. The normalized spacial score (nSPS) is 12.9. The number of aryl methyl sites for hydroxylation is 1. The number of benzene rings is 1. The fraction of sp³-hybridized carbons (Fsp3) is 0.238. The Morgan fingerprint density at radius 2 is 2.14 bits per heavy atom. The minimum absolute atomic E-state index is 0.281. The van der Waals surface area contributed by atoms with Crippen LogP contribution in [0.25, 0.3) is 11.0 Å². The number of imidazole rings is 1. The number of allylic oxidation sites excluding steroid dienone is 4. The lowest BCUT2D eigenvalue weighted by molar-refractivity contribution is 0.779. The summed E-state index contributed by atoms with van der Waals surface area (Å²) in [5, 5.41) is 9.94. The number of aromatic nitrogens is 4. The van der Waals surface area contributed by atoms with Crippen LogP contribution in [0.15, 0.2) is 64.2 Å². The standard InChI is InChI=1S/C21H25N7O/c1-3-7-15(8-6-10-16-9-4-5-11-17(16)20(22)26-23)13-28-14(2)25-19-18(28)12-24-27-21(19)29/h4-9,11-12H,3,10,13,23H2,1-2H3,(H2,22,26)(H,27,29)/b8-6-,15-7+. The Morgan fingerprint density at radius 1 is 1.34 bits per heavy atom. The van der Waals surface area contributed by atoms with Crippen LogP contribution in [0.4, 0.5) is 0 Å². The van der Waals surface area contributed by atoms with Crippen LogP contribution in [0, 0.1) is 6.92 Å². The van der Waals surface area contributed by atoms with Crippen LogP contribution in [-0.4, -0.2) is 25.6 Å².